The zero-order chi connectivity index (χ0) is 55.1. The predicted octanol–water partition coefficient (Wildman–Crippen LogP) is 19.2. The summed E-state index contributed by atoms with van der Waals surface area (Å²) in [4.78, 5) is 10.5. The second-order valence-electron chi connectivity index (χ2n) is 21.7. The maximum absolute atomic E-state index is 9.88. The van der Waals surface area contributed by atoms with E-state index in [4.69, 9.17) is 9.97 Å². The number of nitrogens with zero attached hydrogens (tertiary/aromatic N) is 2. The van der Waals surface area contributed by atoms with Crippen LogP contribution in [-0.2, 0) is 0 Å². The Hall–Kier alpha value is -10.6. The van der Waals surface area contributed by atoms with E-state index in [9.17, 15) is 10.0 Å². The highest BCUT2D eigenvalue weighted by atomic mass is 16.4. The molecule has 15 aromatic carbocycles. The van der Waals surface area contributed by atoms with Gasteiger partial charge in [-0.15, -0.1) is 0 Å². The van der Waals surface area contributed by atoms with Crippen molar-refractivity contribution in [1.82, 2.24) is 9.97 Å². The van der Waals surface area contributed by atoms with E-state index in [1.54, 1.807) is 6.07 Å². The largest absolute Gasteiger partial charge is 0.489 e. The molecule has 4 nitrogen and oxygen atoms in total. The Labute approximate surface area is 478 Å². The SMILES string of the molecule is OB(O)c1cccc2c1ccc1c(-c3ccc4ccccc4c3)nc3ccccc3c12.c1ccc2cc(-c3c4ccccc4c(-c4cc5c(-c6ccc7ccccc7c6)nc6ccccc6c5c5ccccc45)c4ccccc34)ccc2c1. The van der Waals surface area contributed by atoms with Crippen LogP contribution in [0.15, 0.2) is 285 Å². The van der Waals surface area contributed by atoms with Crippen LogP contribution in [0.3, 0.4) is 0 Å². The van der Waals surface area contributed by atoms with E-state index in [0.717, 1.165) is 65.9 Å². The Bertz CT molecular complexity index is 5460. The molecule has 17 aromatic rings. The fourth-order valence-corrected chi connectivity index (χ4v) is 13.3. The number of benzene rings is 15. The second-order valence-corrected chi connectivity index (χ2v) is 21.7. The van der Waals surface area contributed by atoms with Crippen molar-refractivity contribution in [2.45, 2.75) is 0 Å². The molecule has 0 aliphatic carbocycles. The van der Waals surface area contributed by atoms with Crippen molar-refractivity contribution in [3.8, 4) is 44.8 Å². The Balaban J connectivity index is 0.000000155. The molecular formula is C78H49BN2O2. The third-order valence-electron chi connectivity index (χ3n) is 17.0. The minimum absolute atomic E-state index is 0.507. The van der Waals surface area contributed by atoms with Gasteiger partial charge in [0.2, 0.25) is 0 Å². The lowest BCUT2D eigenvalue weighted by molar-refractivity contribution is 0.426. The smallest absolute Gasteiger partial charge is 0.423 e. The summed E-state index contributed by atoms with van der Waals surface area (Å²) in [5.74, 6) is 0. The Morgan fingerprint density at radius 1 is 0.241 bits per heavy atom. The van der Waals surface area contributed by atoms with Crippen molar-refractivity contribution in [2.75, 3.05) is 0 Å². The Kier molecular flexibility index (Phi) is 11.4. The van der Waals surface area contributed by atoms with Crippen LogP contribution >= 0.6 is 0 Å². The van der Waals surface area contributed by atoms with Crippen molar-refractivity contribution < 1.29 is 10.0 Å². The lowest BCUT2D eigenvalue weighted by atomic mass is 9.76. The van der Waals surface area contributed by atoms with Gasteiger partial charge in [-0.1, -0.05) is 249 Å². The summed E-state index contributed by atoms with van der Waals surface area (Å²) in [6, 6.07) is 101. The maximum atomic E-state index is 9.88. The molecular weight excluding hydrogens is 1010 g/mol. The lowest BCUT2D eigenvalue weighted by Crippen LogP contribution is -2.30. The van der Waals surface area contributed by atoms with E-state index < -0.39 is 7.12 Å². The van der Waals surface area contributed by atoms with Gasteiger partial charge in [-0.2, -0.15) is 0 Å². The van der Waals surface area contributed by atoms with Gasteiger partial charge < -0.3 is 10.0 Å². The van der Waals surface area contributed by atoms with Crippen molar-refractivity contribution in [1.29, 1.82) is 0 Å². The van der Waals surface area contributed by atoms with E-state index >= 15 is 0 Å². The maximum Gasteiger partial charge on any atom is 0.489 e. The molecule has 386 valence electrons. The van der Waals surface area contributed by atoms with Gasteiger partial charge in [0.15, 0.2) is 0 Å². The molecule has 0 atom stereocenters. The van der Waals surface area contributed by atoms with Crippen LogP contribution in [0.2, 0.25) is 0 Å². The summed E-state index contributed by atoms with van der Waals surface area (Å²) in [6.07, 6.45) is 0. The molecule has 0 amide bonds. The first-order valence-electron chi connectivity index (χ1n) is 28.3. The number of aromatic nitrogens is 2. The van der Waals surface area contributed by atoms with Crippen LogP contribution in [0.25, 0.3) is 164 Å². The molecule has 2 heterocycles. The van der Waals surface area contributed by atoms with Crippen molar-refractivity contribution in [3.63, 3.8) is 0 Å². The molecule has 0 aliphatic heterocycles. The molecule has 0 saturated heterocycles. The Morgan fingerprint density at radius 3 is 1.14 bits per heavy atom. The molecule has 0 radical (unpaired) electrons. The highest BCUT2D eigenvalue weighted by Crippen LogP contribution is 2.49. The summed E-state index contributed by atoms with van der Waals surface area (Å²) in [7, 11) is -1.52. The van der Waals surface area contributed by atoms with Gasteiger partial charge >= 0.3 is 7.12 Å². The summed E-state index contributed by atoms with van der Waals surface area (Å²) >= 11 is 0. The fraction of sp³-hybridized carbons (Fsp3) is 0. The molecule has 0 bridgehead atoms. The second kappa shape index (κ2) is 19.6. The molecule has 0 fully saturated rings. The number of para-hydroxylation sites is 2. The average Bonchev–Trinajstić information content (AvgIpc) is 1.42. The van der Waals surface area contributed by atoms with Crippen LogP contribution in [-0.4, -0.2) is 27.1 Å². The summed E-state index contributed by atoms with van der Waals surface area (Å²) < 4.78 is 0. The van der Waals surface area contributed by atoms with Gasteiger partial charge in [0, 0.05) is 43.4 Å². The van der Waals surface area contributed by atoms with Gasteiger partial charge in [0.05, 0.1) is 22.4 Å². The molecule has 5 heteroatoms. The van der Waals surface area contributed by atoms with Crippen LogP contribution in [0, 0.1) is 0 Å². The summed E-state index contributed by atoms with van der Waals surface area (Å²) in [5, 5.41) is 43.1. The first kappa shape index (κ1) is 48.4. The number of fused-ring (bicyclic) bond motifs is 15. The first-order valence-corrected chi connectivity index (χ1v) is 28.3. The zero-order valence-corrected chi connectivity index (χ0v) is 45.0. The standard InChI is InChI=1S/C51H31N.C27H18BNO2/c1-3-15-34-29-36(27-25-32(34)13-1)48-40-19-7-9-21-42(40)49(43-22-10-8-20-41(43)48)45-31-46-50(39-18-6-5-17-38(39)45)44-23-11-12-24-47(44)52-51(46)37-28-26-33-14-2-4-16-35(33)30-37;30-28(31)24-10-5-9-21-20(24)14-15-23-26(21)22-8-3-4-11-25(22)29-27(23)19-13-12-17-6-1-2-7-18(17)16-19/h1-31H;1-16,30-31H. The number of rotatable bonds is 5. The van der Waals surface area contributed by atoms with Crippen LogP contribution in [0.1, 0.15) is 0 Å². The topological polar surface area (TPSA) is 66.2 Å². The Morgan fingerprint density at radius 2 is 0.614 bits per heavy atom. The quantitative estimate of drug-likeness (QED) is 0.102. The van der Waals surface area contributed by atoms with E-state index in [0.29, 0.717) is 5.46 Å². The molecule has 83 heavy (non-hydrogen) atoms. The third-order valence-corrected chi connectivity index (χ3v) is 17.0. The van der Waals surface area contributed by atoms with Gasteiger partial charge in [-0.3, -0.25) is 0 Å². The minimum atomic E-state index is -1.52. The average molecular weight is 1060 g/mol. The molecule has 0 saturated carbocycles. The zero-order valence-electron chi connectivity index (χ0n) is 45.0. The minimum Gasteiger partial charge on any atom is -0.423 e. The van der Waals surface area contributed by atoms with E-state index in [1.165, 1.54) is 97.7 Å². The highest BCUT2D eigenvalue weighted by molar-refractivity contribution is 6.62. The molecule has 2 N–H and O–H groups in total. The molecule has 0 spiro atoms. The number of pyridine rings is 2. The molecule has 0 unspecified atom stereocenters. The van der Waals surface area contributed by atoms with Gasteiger partial charge in [-0.05, 0) is 140 Å². The fourth-order valence-electron chi connectivity index (χ4n) is 13.3. The van der Waals surface area contributed by atoms with Gasteiger partial charge in [0.25, 0.3) is 0 Å². The summed E-state index contributed by atoms with van der Waals surface area (Å²) in [6.45, 7) is 0. The summed E-state index contributed by atoms with van der Waals surface area (Å²) in [5.41, 5.74) is 11.5. The van der Waals surface area contributed by atoms with Crippen molar-refractivity contribution >= 4 is 131 Å². The lowest BCUT2D eigenvalue weighted by Gasteiger charge is -2.21. The number of hydrogen-bond donors (Lipinski definition) is 2. The van der Waals surface area contributed by atoms with Crippen LogP contribution < -0.4 is 5.46 Å². The molecule has 2 aromatic heterocycles. The van der Waals surface area contributed by atoms with Crippen molar-refractivity contribution in [3.05, 3.63) is 285 Å². The third kappa shape index (κ3) is 8.01. The monoisotopic (exact) mass is 1060 g/mol. The van der Waals surface area contributed by atoms with Crippen molar-refractivity contribution in [2.24, 2.45) is 0 Å². The molecule has 0 aliphatic rings. The normalized spacial score (nSPS) is 11.7. The van der Waals surface area contributed by atoms with E-state index in [-0.39, 0.29) is 0 Å². The number of hydrogen-bond acceptors (Lipinski definition) is 4. The highest BCUT2D eigenvalue weighted by Gasteiger charge is 2.23. The van der Waals surface area contributed by atoms with Gasteiger partial charge in [-0.25, -0.2) is 9.97 Å². The van der Waals surface area contributed by atoms with Crippen LogP contribution in [0.4, 0.5) is 0 Å². The van der Waals surface area contributed by atoms with Crippen LogP contribution in [0.5, 0.6) is 0 Å². The molecule has 17 rings (SSSR count). The van der Waals surface area contributed by atoms with E-state index in [1.807, 2.05) is 54.6 Å². The first-order chi connectivity index (χ1) is 41.0. The van der Waals surface area contributed by atoms with Gasteiger partial charge in [0.1, 0.15) is 0 Å². The predicted molar refractivity (Wildman–Crippen MR) is 353 cm³/mol. The van der Waals surface area contributed by atoms with E-state index in [2.05, 4.69) is 224 Å².